The van der Waals surface area contributed by atoms with Crippen molar-refractivity contribution in [1.82, 2.24) is 14.3 Å². The minimum Gasteiger partial charge on any atom is -0.281 e. The number of carbonyl (C=O) groups excluding carboxylic acids is 1. The van der Waals surface area contributed by atoms with Crippen LogP contribution in [0.25, 0.3) is 10.2 Å². The summed E-state index contributed by atoms with van der Waals surface area (Å²) >= 11 is 2.64. The molecule has 35 heavy (non-hydrogen) atoms. The number of hydrogen-bond donors (Lipinski definition) is 0. The molecule has 182 valence electrons. The van der Waals surface area contributed by atoms with Crippen molar-refractivity contribution in [1.29, 1.82) is 0 Å². The van der Waals surface area contributed by atoms with Crippen molar-refractivity contribution >= 4 is 54.0 Å². The Morgan fingerprint density at radius 1 is 1.11 bits per heavy atom. The number of aryl methyl sites for hydroxylation is 2. The number of aromatic nitrogens is 2. The fourth-order valence-corrected chi connectivity index (χ4v) is 8.29. The van der Waals surface area contributed by atoms with Crippen LogP contribution in [0.4, 0.5) is 5.13 Å². The summed E-state index contributed by atoms with van der Waals surface area (Å²) in [5.41, 5.74) is 3.73. The van der Waals surface area contributed by atoms with Crippen molar-refractivity contribution in [2.75, 3.05) is 11.4 Å². The summed E-state index contributed by atoms with van der Waals surface area (Å²) in [6.07, 6.45) is 3.69. The second kappa shape index (κ2) is 9.77. The lowest BCUT2D eigenvalue weighted by molar-refractivity contribution is -0.123. The zero-order chi connectivity index (χ0) is 24.6. The first kappa shape index (κ1) is 24.1. The highest BCUT2D eigenvalue weighted by molar-refractivity contribution is 7.91. The van der Waals surface area contributed by atoms with Gasteiger partial charge in [0.05, 0.1) is 22.5 Å². The van der Waals surface area contributed by atoms with Crippen molar-refractivity contribution in [3.8, 4) is 0 Å². The molecule has 4 aromatic rings. The molecule has 1 aromatic carbocycles. The first-order valence-electron chi connectivity index (χ1n) is 11.5. The smallest absolute Gasteiger partial charge is 0.253 e. The molecule has 10 heteroatoms. The standard InChI is InChI=1S/C25H26N4O3S3/c1-17-11-12-18(2)23-22(17)27-25(34-23)28(16-19-8-3-5-13-26-19)24(30)20-9-4-6-14-29(20)35(31,32)21-10-7-15-33-21/h3,5,7-8,10-13,15,20H,4,6,9,14,16H2,1-2H3. The number of amides is 1. The molecule has 1 unspecified atom stereocenters. The van der Waals surface area contributed by atoms with Crippen LogP contribution < -0.4 is 4.90 Å². The highest BCUT2D eigenvalue weighted by Gasteiger charge is 2.41. The minimum absolute atomic E-state index is 0.223. The van der Waals surface area contributed by atoms with Gasteiger partial charge in [0.15, 0.2) is 5.13 Å². The molecule has 0 N–H and O–H groups in total. The van der Waals surface area contributed by atoms with Crippen LogP contribution in [0.15, 0.2) is 58.3 Å². The first-order chi connectivity index (χ1) is 16.9. The first-order valence-corrected chi connectivity index (χ1v) is 14.6. The van der Waals surface area contributed by atoms with Crippen molar-refractivity contribution in [3.63, 3.8) is 0 Å². The van der Waals surface area contributed by atoms with Gasteiger partial charge in [-0.25, -0.2) is 13.4 Å². The molecule has 7 nitrogen and oxygen atoms in total. The number of thiazole rings is 1. The molecule has 1 fully saturated rings. The number of anilines is 1. The summed E-state index contributed by atoms with van der Waals surface area (Å²) in [6, 6.07) is 12.2. The van der Waals surface area contributed by atoms with Crippen LogP contribution in [0.3, 0.4) is 0 Å². The maximum atomic E-state index is 14.1. The maximum Gasteiger partial charge on any atom is 0.253 e. The molecule has 1 atom stereocenters. The van der Waals surface area contributed by atoms with E-state index in [-0.39, 0.29) is 16.7 Å². The zero-order valence-corrected chi connectivity index (χ0v) is 22.0. The molecule has 0 spiro atoms. The number of thiophene rings is 1. The molecule has 0 bridgehead atoms. The quantitative estimate of drug-likeness (QED) is 0.347. The van der Waals surface area contributed by atoms with E-state index in [1.54, 1.807) is 28.6 Å². The molecule has 0 radical (unpaired) electrons. The van der Waals surface area contributed by atoms with Crippen molar-refractivity contribution in [2.24, 2.45) is 0 Å². The summed E-state index contributed by atoms with van der Waals surface area (Å²) in [6.45, 7) is 4.59. The van der Waals surface area contributed by atoms with Crippen LogP contribution in [-0.2, 0) is 21.4 Å². The Labute approximate surface area is 213 Å². The van der Waals surface area contributed by atoms with Crippen LogP contribution in [-0.4, -0.2) is 41.2 Å². The van der Waals surface area contributed by atoms with Crippen molar-refractivity contribution < 1.29 is 13.2 Å². The summed E-state index contributed by atoms with van der Waals surface area (Å²) < 4.78 is 29.6. The second-order valence-corrected chi connectivity index (χ2v) is 12.7. The number of sulfonamides is 1. The van der Waals surface area contributed by atoms with Gasteiger partial charge in [0.1, 0.15) is 10.3 Å². The maximum absolute atomic E-state index is 14.1. The number of hydrogen-bond acceptors (Lipinski definition) is 7. The van der Waals surface area contributed by atoms with Gasteiger partial charge in [0.25, 0.3) is 10.0 Å². The summed E-state index contributed by atoms with van der Waals surface area (Å²) in [4.78, 5) is 25.0. The Bertz CT molecular complexity index is 1410. The van der Waals surface area contributed by atoms with Gasteiger partial charge in [-0.2, -0.15) is 4.31 Å². The number of pyridine rings is 1. The Kier molecular flexibility index (Phi) is 6.71. The SMILES string of the molecule is Cc1ccc(C)c2sc(N(Cc3ccccn3)C(=O)C3CCCCN3S(=O)(=O)c3cccs3)nc12. The highest BCUT2D eigenvalue weighted by atomic mass is 32.2. The molecular weight excluding hydrogens is 501 g/mol. The number of rotatable bonds is 6. The molecule has 3 aromatic heterocycles. The van der Waals surface area contributed by atoms with Gasteiger partial charge >= 0.3 is 0 Å². The molecule has 1 aliphatic heterocycles. The van der Waals surface area contributed by atoms with Crippen molar-refractivity contribution in [3.05, 3.63) is 70.9 Å². The lowest BCUT2D eigenvalue weighted by atomic mass is 10.0. The van der Waals surface area contributed by atoms with Gasteiger partial charge < -0.3 is 0 Å². The van der Waals surface area contributed by atoms with Crippen LogP contribution in [0.2, 0.25) is 0 Å². The second-order valence-electron chi connectivity index (χ2n) is 8.68. The van der Waals surface area contributed by atoms with Gasteiger partial charge in [0.2, 0.25) is 5.91 Å². The number of carbonyl (C=O) groups is 1. The van der Waals surface area contributed by atoms with Gasteiger partial charge in [0, 0.05) is 12.7 Å². The summed E-state index contributed by atoms with van der Waals surface area (Å²) in [7, 11) is -3.77. The van der Waals surface area contributed by atoms with E-state index in [2.05, 4.69) is 11.1 Å². The largest absolute Gasteiger partial charge is 0.281 e. The monoisotopic (exact) mass is 526 g/mol. The topological polar surface area (TPSA) is 83.5 Å². The number of benzene rings is 1. The van der Waals surface area contributed by atoms with Crippen LogP contribution in [0, 0.1) is 13.8 Å². The van der Waals surface area contributed by atoms with Crippen LogP contribution in [0.1, 0.15) is 36.1 Å². The van der Waals surface area contributed by atoms with Crippen LogP contribution in [0.5, 0.6) is 0 Å². The molecule has 0 aliphatic carbocycles. The fourth-order valence-electron chi connectivity index (χ4n) is 4.40. The predicted molar refractivity (Wildman–Crippen MR) is 140 cm³/mol. The molecule has 4 heterocycles. The lowest BCUT2D eigenvalue weighted by Gasteiger charge is -2.35. The molecule has 5 rings (SSSR count). The van der Waals surface area contributed by atoms with Gasteiger partial charge in [-0.15, -0.1) is 11.3 Å². The van der Waals surface area contributed by atoms with E-state index in [1.807, 2.05) is 38.1 Å². The van der Waals surface area contributed by atoms with E-state index in [0.717, 1.165) is 39.9 Å². The predicted octanol–water partition coefficient (Wildman–Crippen LogP) is 5.15. The highest BCUT2D eigenvalue weighted by Crippen LogP contribution is 2.36. The Balaban J connectivity index is 1.57. The minimum atomic E-state index is -3.77. The van der Waals surface area contributed by atoms with E-state index in [1.165, 1.54) is 27.0 Å². The fraction of sp³-hybridized carbons (Fsp3) is 0.320. The summed E-state index contributed by atoms with van der Waals surface area (Å²) in [5.74, 6) is -0.259. The molecular formula is C25H26N4O3S3. The zero-order valence-electron chi connectivity index (χ0n) is 19.5. The lowest BCUT2D eigenvalue weighted by Crippen LogP contribution is -2.52. The molecule has 1 saturated heterocycles. The number of fused-ring (bicyclic) bond motifs is 1. The van der Waals surface area contributed by atoms with E-state index in [4.69, 9.17) is 4.98 Å². The summed E-state index contributed by atoms with van der Waals surface area (Å²) in [5, 5.41) is 2.31. The van der Waals surface area contributed by atoms with E-state index >= 15 is 0 Å². The molecule has 1 aliphatic rings. The Morgan fingerprint density at radius 2 is 1.94 bits per heavy atom. The third kappa shape index (κ3) is 4.63. The van der Waals surface area contributed by atoms with Gasteiger partial charge in [-0.05, 0) is 61.4 Å². The molecule has 1 amide bonds. The van der Waals surface area contributed by atoms with E-state index in [9.17, 15) is 13.2 Å². The average molecular weight is 527 g/mol. The van der Waals surface area contributed by atoms with E-state index < -0.39 is 16.1 Å². The van der Waals surface area contributed by atoms with Crippen LogP contribution >= 0.6 is 22.7 Å². The van der Waals surface area contributed by atoms with Gasteiger partial charge in [-0.1, -0.05) is 42.0 Å². The van der Waals surface area contributed by atoms with Crippen molar-refractivity contribution in [2.45, 2.75) is 49.9 Å². The number of piperidine rings is 1. The average Bonchev–Trinajstić information content (AvgIpc) is 3.57. The Morgan fingerprint density at radius 3 is 2.66 bits per heavy atom. The third-order valence-corrected chi connectivity index (χ3v) is 10.8. The third-order valence-electron chi connectivity index (χ3n) is 6.27. The van der Waals surface area contributed by atoms with Gasteiger partial charge in [-0.3, -0.25) is 14.7 Å². The Hall–Kier alpha value is -2.66. The van der Waals surface area contributed by atoms with E-state index in [0.29, 0.717) is 18.1 Å². The normalized spacial score (nSPS) is 17.0. The molecule has 0 saturated carbocycles. The number of nitrogens with zero attached hydrogens (tertiary/aromatic N) is 4.